The van der Waals surface area contributed by atoms with Crippen LogP contribution in [0.3, 0.4) is 0 Å². The minimum Gasteiger partial charge on any atom is -0.480 e. The van der Waals surface area contributed by atoms with Gasteiger partial charge in [0, 0.05) is 22.3 Å². The van der Waals surface area contributed by atoms with Gasteiger partial charge in [-0.15, -0.1) is 0 Å². The van der Waals surface area contributed by atoms with Crippen LogP contribution in [0.1, 0.15) is 32.1 Å². The van der Waals surface area contributed by atoms with Gasteiger partial charge in [-0.25, -0.2) is 4.99 Å². The molecular formula is C16H21Cl2N3O2. The molecule has 7 heteroatoms. The van der Waals surface area contributed by atoms with E-state index in [0.29, 0.717) is 27.6 Å². The highest BCUT2D eigenvalue weighted by atomic mass is 35.5. The average molecular weight is 358 g/mol. The zero-order chi connectivity index (χ0) is 16.7. The Bertz CT molecular complexity index is 552. The molecule has 1 saturated carbocycles. The van der Waals surface area contributed by atoms with Crippen molar-refractivity contribution in [3.05, 3.63) is 28.2 Å². The number of halogens is 2. The highest BCUT2D eigenvalue weighted by Gasteiger charge is 2.14. The molecule has 1 aliphatic carbocycles. The maximum atomic E-state index is 10.8. The first-order chi connectivity index (χ1) is 11.0. The molecule has 23 heavy (non-hydrogen) atoms. The largest absolute Gasteiger partial charge is 0.480 e. The standard InChI is InChI=1S/C16H21Cl2N3O2/c17-12-6-13(18)8-14(7-12)21-16(20-10-15(22)23)19-9-11-4-2-1-3-5-11/h6-8,11H,1-5,9-10H2,(H,22,23)(H2,19,20,21). The molecule has 1 aromatic carbocycles. The molecular weight excluding hydrogens is 337 g/mol. The van der Waals surface area contributed by atoms with Gasteiger partial charge in [0.15, 0.2) is 5.96 Å². The molecule has 0 bridgehead atoms. The molecule has 126 valence electrons. The van der Waals surface area contributed by atoms with Crippen LogP contribution < -0.4 is 10.6 Å². The molecule has 1 fully saturated rings. The third kappa shape index (κ3) is 6.67. The predicted octanol–water partition coefficient (Wildman–Crippen LogP) is 4.02. The van der Waals surface area contributed by atoms with Gasteiger partial charge in [-0.2, -0.15) is 0 Å². The number of benzene rings is 1. The zero-order valence-electron chi connectivity index (χ0n) is 12.8. The van der Waals surface area contributed by atoms with Gasteiger partial charge in [-0.1, -0.05) is 42.5 Å². The maximum absolute atomic E-state index is 10.8. The smallest absolute Gasteiger partial charge is 0.325 e. The van der Waals surface area contributed by atoms with E-state index in [1.165, 1.54) is 32.1 Å². The number of aliphatic imine (C=N–C) groups is 1. The van der Waals surface area contributed by atoms with E-state index in [1.54, 1.807) is 18.2 Å². The van der Waals surface area contributed by atoms with Crippen LogP contribution in [0.5, 0.6) is 0 Å². The Morgan fingerprint density at radius 1 is 1.17 bits per heavy atom. The number of nitrogens with zero attached hydrogens (tertiary/aromatic N) is 1. The number of guanidine groups is 1. The zero-order valence-corrected chi connectivity index (χ0v) is 14.3. The summed E-state index contributed by atoms with van der Waals surface area (Å²) in [6.07, 6.45) is 6.21. The summed E-state index contributed by atoms with van der Waals surface area (Å²) in [5.41, 5.74) is 0.669. The van der Waals surface area contributed by atoms with Crippen molar-refractivity contribution in [2.24, 2.45) is 10.9 Å². The molecule has 0 heterocycles. The lowest BCUT2D eigenvalue weighted by atomic mass is 9.89. The van der Waals surface area contributed by atoms with Crippen LogP contribution in [-0.2, 0) is 4.79 Å². The first-order valence-corrected chi connectivity index (χ1v) is 8.52. The number of rotatable bonds is 5. The molecule has 1 aromatic rings. The van der Waals surface area contributed by atoms with Gasteiger partial charge < -0.3 is 15.7 Å². The Balaban J connectivity index is 2.00. The van der Waals surface area contributed by atoms with Crippen LogP contribution in [0.15, 0.2) is 23.2 Å². The number of nitrogens with one attached hydrogen (secondary N) is 2. The van der Waals surface area contributed by atoms with Crippen molar-refractivity contribution in [3.63, 3.8) is 0 Å². The summed E-state index contributed by atoms with van der Waals surface area (Å²) in [6, 6.07) is 5.07. The number of aliphatic carboxylic acids is 1. The Morgan fingerprint density at radius 2 is 1.83 bits per heavy atom. The second-order valence-electron chi connectivity index (χ2n) is 5.73. The Morgan fingerprint density at radius 3 is 2.43 bits per heavy atom. The van der Waals surface area contributed by atoms with E-state index >= 15 is 0 Å². The number of carbonyl (C=O) groups is 1. The van der Waals surface area contributed by atoms with E-state index in [9.17, 15) is 4.79 Å². The lowest BCUT2D eigenvalue weighted by Gasteiger charge is -2.23. The summed E-state index contributed by atoms with van der Waals surface area (Å²) < 4.78 is 0. The van der Waals surface area contributed by atoms with Crippen LogP contribution >= 0.6 is 23.2 Å². The second-order valence-corrected chi connectivity index (χ2v) is 6.60. The van der Waals surface area contributed by atoms with Gasteiger partial charge >= 0.3 is 5.97 Å². The normalized spacial score (nSPS) is 16.2. The van der Waals surface area contributed by atoms with E-state index in [2.05, 4.69) is 15.6 Å². The third-order valence-electron chi connectivity index (χ3n) is 3.78. The summed E-state index contributed by atoms with van der Waals surface area (Å²) in [4.78, 5) is 14.8. The summed E-state index contributed by atoms with van der Waals surface area (Å²) in [7, 11) is 0. The molecule has 0 amide bonds. The molecule has 2 rings (SSSR count). The van der Waals surface area contributed by atoms with E-state index in [-0.39, 0.29) is 6.54 Å². The van der Waals surface area contributed by atoms with Crippen LogP contribution in [0.4, 0.5) is 5.69 Å². The lowest BCUT2D eigenvalue weighted by Crippen LogP contribution is -2.35. The Hall–Kier alpha value is -1.46. The number of carboxylic acid groups (broad SMARTS) is 1. The first-order valence-electron chi connectivity index (χ1n) is 7.76. The second kappa shape index (κ2) is 8.99. The van der Waals surface area contributed by atoms with E-state index in [1.807, 2.05) is 0 Å². The highest BCUT2D eigenvalue weighted by Crippen LogP contribution is 2.24. The van der Waals surface area contributed by atoms with Gasteiger partial charge in [0.25, 0.3) is 0 Å². The minimum absolute atomic E-state index is 0.297. The monoisotopic (exact) mass is 357 g/mol. The molecule has 1 aliphatic rings. The van der Waals surface area contributed by atoms with Crippen LogP contribution in [-0.4, -0.2) is 30.1 Å². The van der Waals surface area contributed by atoms with Crippen molar-refractivity contribution >= 4 is 40.8 Å². The van der Waals surface area contributed by atoms with E-state index in [4.69, 9.17) is 28.3 Å². The molecule has 0 aliphatic heterocycles. The van der Waals surface area contributed by atoms with Crippen molar-refractivity contribution in [2.45, 2.75) is 32.1 Å². The van der Waals surface area contributed by atoms with E-state index < -0.39 is 5.97 Å². The van der Waals surface area contributed by atoms with E-state index in [0.717, 1.165) is 6.54 Å². The lowest BCUT2D eigenvalue weighted by molar-refractivity contribution is -0.135. The number of hydrogen-bond acceptors (Lipinski definition) is 2. The van der Waals surface area contributed by atoms with Gasteiger partial charge in [0.05, 0.1) is 0 Å². The number of carboxylic acids is 1. The fraction of sp³-hybridized carbons (Fsp3) is 0.500. The molecule has 0 atom stereocenters. The fourth-order valence-corrected chi connectivity index (χ4v) is 3.21. The topological polar surface area (TPSA) is 73.7 Å². The van der Waals surface area contributed by atoms with Crippen molar-refractivity contribution in [3.8, 4) is 0 Å². The van der Waals surface area contributed by atoms with Gasteiger partial charge in [-0.3, -0.25) is 4.79 Å². The van der Waals surface area contributed by atoms with Gasteiger partial charge in [0.1, 0.15) is 6.54 Å². The first kappa shape index (κ1) is 17.9. The Kier molecular flexibility index (Phi) is 6.99. The van der Waals surface area contributed by atoms with Crippen LogP contribution in [0.25, 0.3) is 0 Å². The number of anilines is 1. The van der Waals surface area contributed by atoms with Gasteiger partial charge in [0.2, 0.25) is 0 Å². The third-order valence-corrected chi connectivity index (χ3v) is 4.22. The van der Waals surface area contributed by atoms with Crippen molar-refractivity contribution < 1.29 is 9.90 Å². The van der Waals surface area contributed by atoms with Gasteiger partial charge in [-0.05, 0) is 37.0 Å². The summed E-state index contributed by atoms with van der Waals surface area (Å²) >= 11 is 12.0. The molecule has 3 N–H and O–H groups in total. The molecule has 0 aromatic heterocycles. The fourth-order valence-electron chi connectivity index (χ4n) is 2.68. The maximum Gasteiger partial charge on any atom is 0.325 e. The molecule has 5 nitrogen and oxygen atoms in total. The van der Waals surface area contributed by atoms with Crippen molar-refractivity contribution in [1.82, 2.24) is 5.32 Å². The quantitative estimate of drug-likeness (QED) is 0.549. The average Bonchev–Trinajstić information content (AvgIpc) is 2.50. The molecule has 0 spiro atoms. The van der Waals surface area contributed by atoms with Crippen LogP contribution in [0, 0.1) is 5.92 Å². The predicted molar refractivity (Wildman–Crippen MR) is 94.6 cm³/mol. The summed E-state index contributed by atoms with van der Waals surface area (Å²) in [5, 5.41) is 16.1. The van der Waals surface area contributed by atoms with Crippen molar-refractivity contribution in [2.75, 3.05) is 18.4 Å². The molecule has 0 radical (unpaired) electrons. The SMILES string of the molecule is O=C(O)CN=C(NCC1CCCCC1)Nc1cc(Cl)cc(Cl)c1. The Labute approximate surface area is 146 Å². The minimum atomic E-state index is -0.979. The molecule has 0 saturated heterocycles. The highest BCUT2D eigenvalue weighted by molar-refractivity contribution is 6.35. The summed E-state index contributed by atoms with van der Waals surface area (Å²) in [5.74, 6) is 0.0488. The summed E-state index contributed by atoms with van der Waals surface area (Å²) in [6.45, 7) is 0.480. The number of hydrogen-bond donors (Lipinski definition) is 3. The van der Waals surface area contributed by atoms with Crippen molar-refractivity contribution in [1.29, 1.82) is 0 Å². The molecule has 0 unspecified atom stereocenters. The van der Waals surface area contributed by atoms with Crippen LogP contribution in [0.2, 0.25) is 10.0 Å².